The van der Waals surface area contributed by atoms with Crippen molar-refractivity contribution in [3.8, 4) is 0 Å². The molecule has 0 radical (unpaired) electrons. The number of hydrogen-bond donors (Lipinski definition) is 0. The monoisotopic (exact) mass is 378 g/mol. The molecule has 0 fully saturated rings. The molecule has 0 heterocycles. The first-order valence-corrected chi connectivity index (χ1v) is 11.7. The summed E-state index contributed by atoms with van der Waals surface area (Å²) in [6, 6.07) is 8.72. The minimum absolute atomic E-state index is 0.642. The third-order valence-corrected chi connectivity index (χ3v) is 5.26. The highest BCUT2D eigenvalue weighted by molar-refractivity contribution is 5.31. The lowest BCUT2D eigenvalue weighted by Gasteiger charge is -2.22. The predicted octanol–water partition coefficient (Wildman–Crippen LogP) is 9.95. The maximum absolute atomic E-state index is 2.36. The minimum Gasteiger partial charge on any atom is -0.0683 e. The summed E-state index contributed by atoms with van der Waals surface area (Å²) in [6.07, 6.45) is 1.38. The van der Waals surface area contributed by atoms with Crippen LogP contribution in [-0.4, -0.2) is 0 Å². The average molecular weight is 379 g/mol. The summed E-state index contributed by atoms with van der Waals surface area (Å²) < 4.78 is 0. The molecule has 0 nitrogen and oxygen atoms in total. The first-order chi connectivity index (χ1) is 12.6. The molecule has 0 amide bonds. The van der Waals surface area contributed by atoms with E-state index in [-0.39, 0.29) is 0 Å². The third-order valence-electron chi connectivity index (χ3n) is 5.26. The molecule has 0 saturated heterocycles. The zero-order valence-electron chi connectivity index (χ0n) is 21.5. The molecule has 0 aliphatic heterocycles. The van der Waals surface area contributed by atoms with Crippen molar-refractivity contribution >= 4 is 0 Å². The van der Waals surface area contributed by atoms with Crippen molar-refractivity contribution in [3.05, 3.63) is 35.4 Å². The van der Waals surface area contributed by atoms with Gasteiger partial charge in [0.15, 0.2) is 0 Å². The maximum atomic E-state index is 2.36. The highest BCUT2D eigenvalue weighted by Gasteiger charge is 2.14. The second-order valence-electron chi connectivity index (χ2n) is 8.62. The van der Waals surface area contributed by atoms with E-state index in [0.717, 1.165) is 23.7 Å². The number of hydrogen-bond acceptors (Lipinski definition) is 0. The van der Waals surface area contributed by atoms with Gasteiger partial charge in [-0.1, -0.05) is 121 Å². The van der Waals surface area contributed by atoms with Gasteiger partial charge in [-0.15, -0.1) is 0 Å². The van der Waals surface area contributed by atoms with Crippen molar-refractivity contribution < 1.29 is 0 Å². The highest BCUT2D eigenvalue weighted by Crippen LogP contribution is 2.25. The predicted molar refractivity (Wildman–Crippen MR) is 130 cm³/mol. The van der Waals surface area contributed by atoms with Gasteiger partial charge in [0.2, 0.25) is 0 Å². The highest BCUT2D eigenvalue weighted by atomic mass is 14.2. The fourth-order valence-electron chi connectivity index (χ4n) is 2.69. The Morgan fingerprint density at radius 1 is 0.519 bits per heavy atom. The van der Waals surface area contributed by atoms with Crippen molar-refractivity contribution in [2.24, 2.45) is 23.7 Å². The van der Waals surface area contributed by atoms with Crippen LogP contribution in [0.3, 0.4) is 0 Å². The summed E-state index contributed by atoms with van der Waals surface area (Å²) in [5.74, 6) is 4.74. The van der Waals surface area contributed by atoms with Crippen LogP contribution in [0.25, 0.3) is 0 Å². The molecule has 0 bridgehead atoms. The van der Waals surface area contributed by atoms with E-state index in [2.05, 4.69) is 93.5 Å². The summed E-state index contributed by atoms with van der Waals surface area (Å²) in [6.45, 7) is 31.0. The van der Waals surface area contributed by atoms with Crippen LogP contribution in [0.2, 0.25) is 0 Å². The van der Waals surface area contributed by atoms with Gasteiger partial charge in [0.25, 0.3) is 0 Å². The Hall–Kier alpha value is -0.780. The molecule has 1 aromatic carbocycles. The van der Waals surface area contributed by atoms with E-state index in [1.165, 1.54) is 17.5 Å². The molecular weight excluding hydrogens is 324 g/mol. The van der Waals surface area contributed by atoms with Crippen molar-refractivity contribution in [2.45, 2.75) is 115 Å². The molecule has 162 valence electrons. The minimum atomic E-state index is 0.642. The molecule has 0 aromatic heterocycles. The molecule has 2 unspecified atom stereocenters. The lowest BCUT2D eigenvalue weighted by atomic mass is 9.84. The van der Waals surface area contributed by atoms with Gasteiger partial charge in [0.1, 0.15) is 0 Å². The standard InChI is InChI=1S/C12H18.C11H24.2C2H6/c1-9(2)11-7-5-6-8-12(11)10(3)4;1-8(2)10(5)7-11(6)9(3)4;2*1-2/h5-10H,1-4H3;8-11H,7H2,1-6H3;2*1-2H3. The molecule has 2 atom stereocenters. The summed E-state index contributed by atoms with van der Waals surface area (Å²) in [4.78, 5) is 0. The first kappa shape index (κ1) is 30.9. The van der Waals surface area contributed by atoms with Crippen LogP contribution in [-0.2, 0) is 0 Å². The van der Waals surface area contributed by atoms with Crippen LogP contribution in [0.5, 0.6) is 0 Å². The van der Waals surface area contributed by atoms with Gasteiger partial charge in [-0.05, 0) is 53.1 Å². The Kier molecular flexibility index (Phi) is 21.3. The van der Waals surface area contributed by atoms with Gasteiger partial charge in [-0.25, -0.2) is 0 Å². The number of rotatable bonds is 6. The van der Waals surface area contributed by atoms with Crippen molar-refractivity contribution in [1.29, 1.82) is 0 Å². The van der Waals surface area contributed by atoms with E-state index in [9.17, 15) is 0 Å². The van der Waals surface area contributed by atoms with Gasteiger partial charge in [0, 0.05) is 0 Å². The maximum Gasteiger partial charge on any atom is -0.0216 e. The molecule has 0 aliphatic rings. The van der Waals surface area contributed by atoms with E-state index < -0.39 is 0 Å². The Bertz CT molecular complexity index is 373. The lowest BCUT2D eigenvalue weighted by Crippen LogP contribution is -2.12. The van der Waals surface area contributed by atoms with Gasteiger partial charge in [-0.3, -0.25) is 0 Å². The van der Waals surface area contributed by atoms with Gasteiger partial charge in [-0.2, -0.15) is 0 Å². The summed E-state index contributed by atoms with van der Waals surface area (Å²) in [5.41, 5.74) is 2.99. The Balaban J connectivity index is -0.000000361. The first-order valence-electron chi connectivity index (χ1n) is 11.7. The zero-order valence-corrected chi connectivity index (χ0v) is 21.5. The van der Waals surface area contributed by atoms with Crippen LogP contribution in [0.4, 0.5) is 0 Å². The summed E-state index contributed by atoms with van der Waals surface area (Å²) in [5, 5.41) is 0. The third kappa shape index (κ3) is 14.9. The molecular formula is C27H54. The molecule has 0 saturated carbocycles. The van der Waals surface area contributed by atoms with Crippen LogP contribution in [0.15, 0.2) is 24.3 Å². The summed E-state index contributed by atoms with van der Waals surface area (Å²) in [7, 11) is 0. The smallest absolute Gasteiger partial charge is 0.0216 e. The molecule has 0 heteroatoms. The second-order valence-corrected chi connectivity index (χ2v) is 8.62. The molecule has 0 N–H and O–H groups in total. The van der Waals surface area contributed by atoms with E-state index in [1.54, 1.807) is 0 Å². The van der Waals surface area contributed by atoms with Crippen LogP contribution in [0.1, 0.15) is 126 Å². The zero-order chi connectivity index (χ0) is 22.2. The molecule has 27 heavy (non-hydrogen) atoms. The Morgan fingerprint density at radius 3 is 0.963 bits per heavy atom. The van der Waals surface area contributed by atoms with Gasteiger partial charge in [0.05, 0.1) is 0 Å². The van der Waals surface area contributed by atoms with Crippen molar-refractivity contribution in [2.75, 3.05) is 0 Å². The van der Waals surface area contributed by atoms with Gasteiger partial charge >= 0.3 is 0 Å². The van der Waals surface area contributed by atoms with Crippen LogP contribution >= 0.6 is 0 Å². The molecule has 0 aliphatic carbocycles. The Morgan fingerprint density at radius 2 is 0.778 bits per heavy atom. The van der Waals surface area contributed by atoms with Crippen LogP contribution in [0, 0.1) is 23.7 Å². The van der Waals surface area contributed by atoms with E-state index >= 15 is 0 Å². The Labute approximate surface area is 174 Å². The molecule has 0 spiro atoms. The van der Waals surface area contributed by atoms with Crippen molar-refractivity contribution in [1.82, 2.24) is 0 Å². The average Bonchev–Trinajstić information content (AvgIpc) is 2.65. The molecule has 1 rings (SSSR count). The quantitative estimate of drug-likeness (QED) is 0.462. The van der Waals surface area contributed by atoms with E-state index in [1.807, 2.05) is 27.7 Å². The van der Waals surface area contributed by atoms with E-state index in [4.69, 9.17) is 0 Å². The SMILES string of the molecule is CC.CC.CC(C)C(C)CC(C)C(C)C.CC(C)c1ccccc1C(C)C. The van der Waals surface area contributed by atoms with Gasteiger partial charge < -0.3 is 0 Å². The lowest BCUT2D eigenvalue weighted by molar-refractivity contribution is 0.283. The second kappa shape index (κ2) is 18.6. The molecule has 1 aromatic rings. The normalized spacial score (nSPS) is 12.5. The fraction of sp³-hybridized carbons (Fsp3) is 0.778. The largest absolute Gasteiger partial charge is 0.0683 e. The van der Waals surface area contributed by atoms with Crippen molar-refractivity contribution in [3.63, 3.8) is 0 Å². The topological polar surface area (TPSA) is 0 Å². The summed E-state index contributed by atoms with van der Waals surface area (Å²) >= 11 is 0. The fourth-order valence-corrected chi connectivity index (χ4v) is 2.69. The van der Waals surface area contributed by atoms with E-state index in [0.29, 0.717) is 11.8 Å². The number of benzene rings is 1. The van der Waals surface area contributed by atoms with Crippen LogP contribution < -0.4 is 0 Å².